The summed E-state index contributed by atoms with van der Waals surface area (Å²) in [5.41, 5.74) is 2.83. The van der Waals surface area contributed by atoms with Gasteiger partial charge in [-0.2, -0.15) is 5.10 Å². The number of nitrogens with one attached hydrogen (secondary N) is 2. The van der Waals surface area contributed by atoms with Crippen LogP contribution in [0.1, 0.15) is 24.4 Å². The van der Waals surface area contributed by atoms with E-state index in [-0.39, 0.29) is 11.9 Å². The van der Waals surface area contributed by atoms with Gasteiger partial charge in [-0.15, -0.1) is 0 Å². The Labute approximate surface area is 196 Å². The Hall–Kier alpha value is -4.14. The molecule has 1 saturated heterocycles. The third-order valence-electron chi connectivity index (χ3n) is 5.98. The van der Waals surface area contributed by atoms with Crippen LogP contribution in [0.25, 0.3) is 11.3 Å². The maximum Gasteiger partial charge on any atom is 0.161 e. The minimum Gasteiger partial charge on any atom is -0.493 e. The minimum atomic E-state index is -0.228. The molecule has 1 unspecified atom stereocenters. The van der Waals surface area contributed by atoms with E-state index in [1.807, 2.05) is 42.5 Å². The quantitative estimate of drug-likeness (QED) is 0.396. The third-order valence-corrected chi connectivity index (χ3v) is 5.98. The van der Waals surface area contributed by atoms with Crippen molar-refractivity contribution in [1.82, 2.24) is 20.2 Å². The van der Waals surface area contributed by atoms with Crippen LogP contribution in [0.2, 0.25) is 0 Å². The van der Waals surface area contributed by atoms with Gasteiger partial charge >= 0.3 is 0 Å². The van der Waals surface area contributed by atoms with Gasteiger partial charge in [-0.3, -0.25) is 5.10 Å². The van der Waals surface area contributed by atoms with E-state index in [0.29, 0.717) is 23.1 Å². The average Bonchev–Trinajstić information content (AvgIpc) is 3.54. The number of halogens is 1. The molecule has 1 fully saturated rings. The van der Waals surface area contributed by atoms with Crippen molar-refractivity contribution in [2.24, 2.45) is 0 Å². The Morgan fingerprint density at radius 3 is 2.59 bits per heavy atom. The summed E-state index contributed by atoms with van der Waals surface area (Å²) in [5.74, 6) is 3.17. The predicted octanol–water partition coefficient (Wildman–Crippen LogP) is 5.11. The van der Waals surface area contributed by atoms with Crippen molar-refractivity contribution >= 4 is 17.5 Å². The zero-order valence-corrected chi connectivity index (χ0v) is 19.0. The molecule has 0 spiro atoms. The average molecular weight is 461 g/mol. The molecule has 0 aliphatic carbocycles. The van der Waals surface area contributed by atoms with Gasteiger partial charge in [-0.1, -0.05) is 12.1 Å². The molecule has 2 aromatic heterocycles. The van der Waals surface area contributed by atoms with Crippen LogP contribution in [0.5, 0.6) is 11.5 Å². The molecule has 0 bridgehead atoms. The molecule has 5 rings (SSSR count). The number of methoxy groups -OCH3 is 2. The number of rotatable bonds is 7. The lowest BCUT2D eigenvalue weighted by atomic mass is 10.0. The molecule has 0 saturated carbocycles. The lowest BCUT2D eigenvalue weighted by Gasteiger charge is -2.26. The van der Waals surface area contributed by atoms with Crippen molar-refractivity contribution in [3.8, 4) is 22.8 Å². The molecular formula is C25H25FN6O2. The van der Waals surface area contributed by atoms with Crippen LogP contribution in [0.3, 0.4) is 0 Å². The molecule has 3 heterocycles. The van der Waals surface area contributed by atoms with E-state index in [2.05, 4.69) is 30.4 Å². The number of aromatic nitrogens is 4. The SMILES string of the molecule is COc1ccc(-c2cc(Nc3cc(N4CCCC4c4ccc(F)cc4)ncn3)n[nH]2)cc1OC. The van der Waals surface area contributed by atoms with Crippen molar-refractivity contribution in [2.75, 3.05) is 31.0 Å². The smallest absolute Gasteiger partial charge is 0.161 e. The Morgan fingerprint density at radius 2 is 1.79 bits per heavy atom. The first-order valence-electron chi connectivity index (χ1n) is 11.0. The summed E-state index contributed by atoms with van der Waals surface area (Å²) >= 11 is 0. The molecule has 1 aliphatic rings. The van der Waals surface area contributed by atoms with Crippen LogP contribution in [0, 0.1) is 5.82 Å². The number of nitrogens with zero attached hydrogens (tertiary/aromatic N) is 4. The molecule has 9 heteroatoms. The van der Waals surface area contributed by atoms with Gasteiger partial charge in [0.05, 0.1) is 26.0 Å². The van der Waals surface area contributed by atoms with Crippen LogP contribution in [-0.4, -0.2) is 40.9 Å². The Bertz CT molecular complexity index is 1280. The fourth-order valence-electron chi connectivity index (χ4n) is 4.31. The second-order valence-electron chi connectivity index (χ2n) is 8.03. The van der Waals surface area contributed by atoms with Crippen LogP contribution >= 0.6 is 0 Å². The summed E-state index contributed by atoms with van der Waals surface area (Å²) in [6, 6.07) is 16.4. The van der Waals surface area contributed by atoms with E-state index in [9.17, 15) is 4.39 Å². The molecule has 4 aromatic rings. The molecule has 2 aromatic carbocycles. The molecule has 34 heavy (non-hydrogen) atoms. The van der Waals surface area contributed by atoms with Crippen LogP contribution < -0.4 is 19.7 Å². The Morgan fingerprint density at radius 1 is 0.971 bits per heavy atom. The van der Waals surface area contributed by atoms with Gasteiger partial charge in [0, 0.05) is 24.2 Å². The summed E-state index contributed by atoms with van der Waals surface area (Å²) in [6.07, 6.45) is 3.58. The normalized spacial score (nSPS) is 15.4. The van der Waals surface area contributed by atoms with E-state index in [1.54, 1.807) is 20.5 Å². The minimum absolute atomic E-state index is 0.158. The molecular weight excluding hydrogens is 435 g/mol. The molecule has 1 atom stereocenters. The lowest BCUT2D eigenvalue weighted by Crippen LogP contribution is -2.23. The Kier molecular flexibility index (Phi) is 5.99. The lowest BCUT2D eigenvalue weighted by molar-refractivity contribution is 0.355. The summed E-state index contributed by atoms with van der Waals surface area (Å²) in [5, 5.41) is 10.7. The maximum absolute atomic E-state index is 13.4. The highest BCUT2D eigenvalue weighted by molar-refractivity contribution is 5.68. The van der Waals surface area contributed by atoms with Crippen molar-refractivity contribution in [2.45, 2.75) is 18.9 Å². The monoisotopic (exact) mass is 460 g/mol. The third kappa shape index (κ3) is 4.36. The first kappa shape index (κ1) is 21.7. The predicted molar refractivity (Wildman–Crippen MR) is 128 cm³/mol. The molecule has 0 amide bonds. The van der Waals surface area contributed by atoms with Crippen molar-refractivity contribution < 1.29 is 13.9 Å². The van der Waals surface area contributed by atoms with Gasteiger partial charge in [0.2, 0.25) is 0 Å². The number of ether oxygens (including phenoxy) is 2. The zero-order valence-electron chi connectivity index (χ0n) is 19.0. The highest BCUT2D eigenvalue weighted by Crippen LogP contribution is 2.36. The molecule has 0 radical (unpaired) electrons. The number of hydrogen-bond donors (Lipinski definition) is 2. The standard InChI is InChI=1S/C25H25FN6O2/c1-33-21-10-7-17(12-22(21)34-2)19-13-24(31-30-19)29-23-14-25(28-15-27-23)32-11-3-4-20(32)16-5-8-18(26)9-6-16/h5-10,12-15,20H,3-4,11H2,1-2H3,(H2,27,28,29,30,31). The van der Waals surface area contributed by atoms with Crippen molar-refractivity contribution in [3.05, 3.63) is 72.3 Å². The first-order chi connectivity index (χ1) is 16.6. The molecule has 1 aliphatic heterocycles. The van der Waals surface area contributed by atoms with E-state index < -0.39 is 0 Å². The highest BCUT2D eigenvalue weighted by atomic mass is 19.1. The maximum atomic E-state index is 13.4. The largest absolute Gasteiger partial charge is 0.493 e. The summed E-state index contributed by atoms with van der Waals surface area (Å²) in [6.45, 7) is 0.879. The van der Waals surface area contributed by atoms with Crippen molar-refractivity contribution in [1.29, 1.82) is 0 Å². The Balaban J connectivity index is 1.34. The van der Waals surface area contributed by atoms with Crippen LogP contribution in [0.4, 0.5) is 21.8 Å². The van der Waals surface area contributed by atoms with Crippen molar-refractivity contribution in [3.63, 3.8) is 0 Å². The second-order valence-corrected chi connectivity index (χ2v) is 8.03. The topological polar surface area (TPSA) is 88.2 Å². The number of aromatic amines is 1. The molecule has 174 valence electrons. The van der Waals surface area contributed by atoms with Gasteiger partial charge in [-0.05, 0) is 48.7 Å². The zero-order chi connectivity index (χ0) is 23.5. The summed E-state index contributed by atoms with van der Waals surface area (Å²) < 4.78 is 24.1. The molecule has 2 N–H and O–H groups in total. The van der Waals surface area contributed by atoms with E-state index in [0.717, 1.165) is 42.0 Å². The van der Waals surface area contributed by atoms with E-state index >= 15 is 0 Å². The summed E-state index contributed by atoms with van der Waals surface area (Å²) in [4.78, 5) is 11.1. The fourth-order valence-corrected chi connectivity index (χ4v) is 4.31. The number of anilines is 3. The number of hydrogen-bond acceptors (Lipinski definition) is 7. The van der Waals surface area contributed by atoms with Gasteiger partial charge in [0.25, 0.3) is 0 Å². The van der Waals surface area contributed by atoms with Crippen LogP contribution in [0.15, 0.2) is 60.9 Å². The number of H-pyrrole nitrogens is 1. The molecule has 8 nitrogen and oxygen atoms in total. The van der Waals surface area contributed by atoms with E-state index in [4.69, 9.17) is 9.47 Å². The van der Waals surface area contributed by atoms with Gasteiger partial charge < -0.3 is 19.7 Å². The van der Waals surface area contributed by atoms with Crippen LogP contribution in [-0.2, 0) is 0 Å². The van der Waals surface area contributed by atoms with Gasteiger partial charge in [0.1, 0.15) is 23.8 Å². The van der Waals surface area contributed by atoms with E-state index in [1.165, 1.54) is 12.1 Å². The fraction of sp³-hybridized carbons (Fsp3) is 0.240. The van der Waals surface area contributed by atoms with Gasteiger partial charge in [-0.25, -0.2) is 14.4 Å². The highest BCUT2D eigenvalue weighted by Gasteiger charge is 2.27. The number of benzene rings is 2. The first-order valence-corrected chi connectivity index (χ1v) is 11.0. The van der Waals surface area contributed by atoms with Gasteiger partial charge in [0.15, 0.2) is 17.3 Å². The second kappa shape index (κ2) is 9.38. The summed E-state index contributed by atoms with van der Waals surface area (Å²) in [7, 11) is 3.21.